The van der Waals surface area contributed by atoms with E-state index in [9.17, 15) is 30.6 Å². The Morgan fingerprint density at radius 3 is 1.84 bits per heavy atom. The van der Waals surface area contributed by atoms with Crippen LogP contribution >= 0.6 is 0 Å². The fourth-order valence-corrected chi connectivity index (χ4v) is 2.79. The molecule has 9 N–H and O–H groups in total. The van der Waals surface area contributed by atoms with Crippen molar-refractivity contribution in [2.24, 2.45) is 5.73 Å². The molecule has 0 spiro atoms. The van der Waals surface area contributed by atoms with Gasteiger partial charge in [-0.25, -0.2) is 0 Å². The Kier molecular flexibility index (Phi) is 7.45. The number of aliphatic hydroxyl groups is 7. The maximum absolute atomic E-state index is 10.2. The van der Waals surface area contributed by atoms with Crippen molar-refractivity contribution < 1.29 is 54.7 Å². The van der Waals surface area contributed by atoms with Gasteiger partial charge in [0.05, 0.1) is 19.9 Å². The predicted molar refractivity (Wildman–Crippen MR) is 76.5 cm³/mol. The van der Waals surface area contributed by atoms with Crippen LogP contribution in [-0.2, 0) is 18.9 Å². The monoisotopic (exact) mass is 371 g/mol. The average Bonchev–Trinajstić information content (AvgIpc) is 2.61. The molecule has 0 radical (unpaired) electrons. The highest BCUT2D eigenvalue weighted by Crippen LogP contribution is 2.29. The molecule has 0 aromatic heterocycles. The summed E-state index contributed by atoms with van der Waals surface area (Å²) in [5, 5.41) is 68.2. The van der Waals surface area contributed by atoms with Crippen molar-refractivity contribution >= 4 is 0 Å². The second-order valence-electron chi connectivity index (χ2n) is 5.84. The van der Waals surface area contributed by atoms with Crippen LogP contribution in [0.5, 0.6) is 0 Å². The molecule has 2 rings (SSSR count). The summed E-state index contributed by atoms with van der Waals surface area (Å²) in [6, 6.07) is 0. The van der Waals surface area contributed by atoms with Crippen LogP contribution in [0.15, 0.2) is 0 Å². The number of aliphatic hydroxyl groups excluding tert-OH is 7. The van der Waals surface area contributed by atoms with Gasteiger partial charge in [0, 0.05) is 0 Å². The summed E-state index contributed by atoms with van der Waals surface area (Å²) in [5.41, 5.74) is 5.20. The molecule has 2 saturated heterocycles. The van der Waals surface area contributed by atoms with Crippen LogP contribution in [0.2, 0.25) is 0 Å². The van der Waals surface area contributed by atoms with Crippen molar-refractivity contribution in [2.45, 2.75) is 61.4 Å². The van der Waals surface area contributed by atoms with Crippen LogP contribution in [0.3, 0.4) is 0 Å². The van der Waals surface area contributed by atoms with Crippen LogP contribution in [-0.4, -0.2) is 117 Å². The van der Waals surface area contributed by atoms with Crippen LogP contribution in [0.1, 0.15) is 0 Å². The molecule has 12 nitrogen and oxygen atoms in total. The molecule has 2 unspecified atom stereocenters. The average molecular weight is 371 g/mol. The summed E-state index contributed by atoms with van der Waals surface area (Å²) < 4.78 is 20.7. The van der Waals surface area contributed by atoms with Crippen LogP contribution < -0.4 is 5.73 Å². The third-order valence-corrected chi connectivity index (χ3v) is 4.22. The summed E-state index contributed by atoms with van der Waals surface area (Å²) in [7, 11) is 0. The Balaban J connectivity index is 2.11. The smallest absolute Gasteiger partial charge is 0.188 e. The zero-order valence-corrected chi connectivity index (χ0v) is 13.2. The lowest BCUT2D eigenvalue weighted by molar-refractivity contribution is -0.359. The van der Waals surface area contributed by atoms with E-state index in [4.69, 9.17) is 29.8 Å². The van der Waals surface area contributed by atoms with Crippen LogP contribution in [0.25, 0.3) is 0 Å². The molecule has 0 amide bonds. The van der Waals surface area contributed by atoms with E-state index < -0.39 is 74.6 Å². The molecule has 12 heteroatoms. The maximum Gasteiger partial charge on any atom is 0.188 e. The second kappa shape index (κ2) is 8.94. The zero-order valence-electron chi connectivity index (χ0n) is 13.2. The normalized spacial score (nSPS) is 48.5. The molecule has 2 heterocycles. The fraction of sp³-hybridized carbons (Fsp3) is 1.00. The molecule has 2 fully saturated rings. The molecule has 10 atom stereocenters. The lowest BCUT2D eigenvalue weighted by Gasteiger charge is -2.45. The van der Waals surface area contributed by atoms with Crippen molar-refractivity contribution in [1.82, 2.24) is 0 Å². The fourth-order valence-electron chi connectivity index (χ4n) is 2.79. The highest BCUT2D eigenvalue weighted by molar-refractivity contribution is 4.93. The number of rotatable bonds is 6. The minimum Gasteiger partial charge on any atom is -0.394 e. The van der Waals surface area contributed by atoms with Gasteiger partial charge in [-0.05, 0) is 0 Å². The molecule has 0 aliphatic carbocycles. The Labute approximate surface area is 142 Å². The molecule has 0 aromatic rings. The van der Waals surface area contributed by atoms with E-state index in [0.717, 1.165) is 0 Å². The minimum atomic E-state index is -1.71. The summed E-state index contributed by atoms with van der Waals surface area (Å²) >= 11 is 0. The van der Waals surface area contributed by atoms with E-state index in [1.165, 1.54) is 0 Å². The van der Waals surface area contributed by atoms with Crippen molar-refractivity contribution in [3.63, 3.8) is 0 Å². The second-order valence-corrected chi connectivity index (χ2v) is 5.84. The first-order chi connectivity index (χ1) is 11.8. The number of hydrogen-bond acceptors (Lipinski definition) is 12. The molecule has 0 saturated carbocycles. The van der Waals surface area contributed by atoms with E-state index in [1.54, 1.807) is 0 Å². The molecule has 148 valence electrons. The largest absolute Gasteiger partial charge is 0.394 e. The SMILES string of the molecule is NCOC1O[C@H](CO)[C@@H](OC2O[C@H](CO)[C@H](O)[C@H](O)[C@H]2O)[C@H](O)[C@H]1O. The topological polar surface area (TPSA) is 205 Å². The van der Waals surface area contributed by atoms with Gasteiger partial charge in [-0.3, -0.25) is 0 Å². The van der Waals surface area contributed by atoms with E-state index >= 15 is 0 Å². The van der Waals surface area contributed by atoms with E-state index in [2.05, 4.69) is 0 Å². The quantitative estimate of drug-likeness (QED) is 0.206. The molecular formula is C13H25NO11. The molecule has 2 aliphatic rings. The van der Waals surface area contributed by atoms with Gasteiger partial charge in [-0.1, -0.05) is 0 Å². The first-order valence-corrected chi connectivity index (χ1v) is 7.75. The van der Waals surface area contributed by atoms with Crippen molar-refractivity contribution in [3.8, 4) is 0 Å². The van der Waals surface area contributed by atoms with E-state index in [0.29, 0.717) is 0 Å². The van der Waals surface area contributed by atoms with Crippen molar-refractivity contribution in [1.29, 1.82) is 0 Å². The Hall–Kier alpha value is -0.480. The highest BCUT2D eigenvalue weighted by atomic mass is 16.7. The molecule has 0 bridgehead atoms. The molecule has 2 aliphatic heterocycles. The van der Waals surface area contributed by atoms with Gasteiger partial charge in [0.25, 0.3) is 0 Å². The lowest BCUT2D eigenvalue weighted by Crippen LogP contribution is -2.64. The van der Waals surface area contributed by atoms with Gasteiger partial charge >= 0.3 is 0 Å². The summed E-state index contributed by atoms with van der Waals surface area (Å²) in [6.07, 6.45) is -14.7. The number of hydrogen-bond donors (Lipinski definition) is 8. The van der Waals surface area contributed by atoms with Gasteiger partial charge in [0.1, 0.15) is 48.8 Å². The van der Waals surface area contributed by atoms with E-state index in [1.807, 2.05) is 0 Å². The zero-order chi connectivity index (χ0) is 18.7. The predicted octanol–water partition coefficient (Wildman–Crippen LogP) is -5.46. The highest BCUT2D eigenvalue weighted by Gasteiger charge is 2.50. The summed E-state index contributed by atoms with van der Waals surface area (Å²) in [4.78, 5) is 0. The Morgan fingerprint density at radius 1 is 0.720 bits per heavy atom. The number of nitrogens with two attached hydrogens (primary N) is 1. The summed E-state index contributed by atoms with van der Waals surface area (Å²) in [6.45, 7) is -1.59. The van der Waals surface area contributed by atoms with Crippen molar-refractivity contribution in [3.05, 3.63) is 0 Å². The maximum atomic E-state index is 10.2. The van der Waals surface area contributed by atoms with Gasteiger partial charge in [0.15, 0.2) is 12.6 Å². The van der Waals surface area contributed by atoms with Gasteiger partial charge < -0.3 is 60.4 Å². The molecule has 25 heavy (non-hydrogen) atoms. The van der Waals surface area contributed by atoms with Crippen LogP contribution in [0.4, 0.5) is 0 Å². The molecular weight excluding hydrogens is 346 g/mol. The first kappa shape index (κ1) is 20.8. The van der Waals surface area contributed by atoms with Gasteiger partial charge in [0.2, 0.25) is 0 Å². The Bertz CT molecular complexity index is 411. The van der Waals surface area contributed by atoms with Gasteiger partial charge in [-0.15, -0.1) is 0 Å². The number of ether oxygens (including phenoxy) is 4. The minimum absolute atomic E-state index is 0.301. The first-order valence-electron chi connectivity index (χ1n) is 7.75. The van der Waals surface area contributed by atoms with E-state index in [-0.39, 0.29) is 6.73 Å². The van der Waals surface area contributed by atoms with Gasteiger partial charge in [-0.2, -0.15) is 0 Å². The lowest BCUT2D eigenvalue weighted by atomic mass is 9.97. The molecule has 0 aromatic carbocycles. The Morgan fingerprint density at radius 2 is 1.28 bits per heavy atom. The summed E-state index contributed by atoms with van der Waals surface area (Å²) in [5.74, 6) is 0. The standard InChI is InChI=1S/C13H25NO11/c14-3-22-12-10(21)8(19)11(5(2-16)24-12)25-13-9(20)7(18)6(17)4(1-15)23-13/h4-13,15-21H,1-3,14H2/t4-,5-,6+,7+,8-,9-,10-,11-,12?,13?/m1/s1. The third-order valence-electron chi connectivity index (χ3n) is 4.22. The van der Waals surface area contributed by atoms with Crippen molar-refractivity contribution in [2.75, 3.05) is 19.9 Å². The van der Waals surface area contributed by atoms with Crippen LogP contribution in [0, 0.1) is 0 Å². The third kappa shape index (κ3) is 4.27.